The minimum Gasteiger partial charge on any atom is -0.493 e. The number of carboxylic acids is 1. The van der Waals surface area contributed by atoms with Crippen molar-refractivity contribution >= 4 is 29.2 Å². The van der Waals surface area contributed by atoms with Crippen LogP contribution in [0.15, 0.2) is 18.2 Å². The van der Waals surface area contributed by atoms with E-state index in [0.29, 0.717) is 41.0 Å². The number of carbonyl (C=O) groups excluding carboxylic acids is 2. The van der Waals surface area contributed by atoms with E-state index in [1.807, 2.05) is 20.8 Å². The van der Waals surface area contributed by atoms with Crippen LogP contribution in [0.2, 0.25) is 0 Å². The summed E-state index contributed by atoms with van der Waals surface area (Å²) in [5, 5.41) is 20.2. The van der Waals surface area contributed by atoms with Gasteiger partial charge in [0.1, 0.15) is 11.6 Å². The van der Waals surface area contributed by atoms with Crippen LogP contribution in [0.3, 0.4) is 0 Å². The van der Waals surface area contributed by atoms with Crippen molar-refractivity contribution in [2.45, 2.75) is 58.9 Å². The summed E-state index contributed by atoms with van der Waals surface area (Å²) < 4.78 is 31.5. The zero-order valence-corrected chi connectivity index (χ0v) is 23.7. The fourth-order valence-electron chi connectivity index (χ4n) is 4.56. The SMILES string of the molecule is COc1cc2c(c(F)c1OC)C(=N)N(CC(=O)c1cc(NC(C)=O)c(OCCCCC(=O)O)c(C(C)(C)C)c1)C2. The highest BCUT2D eigenvalue weighted by molar-refractivity contribution is 6.06. The van der Waals surface area contributed by atoms with E-state index in [9.17, 15) is 14.4 Å². The van der Waals surface area contributed by atoms with E-state index in [-0.39, 0.29) is 60.7 Å². The van der Waals surface area contributed by atoms with Crippen LogP contribution >= 0.6 is 0 Å². The van der Waals surface area contributed by atoms with Gasteiger partial charge in [0.05, 0.1) is 38.6 Å². The van der Waals surface area contributed by atoms with Crippen molar-refractivity contribution < 1.29 is 38.1 Å². The summed E-state index contributed by atoms with van der Waals surface area (Å²) in [7, 11) is 2.71. The highest BCUT2D eigenvalue weighted by atomic mass is 19.1. The lowest BCUT2D eigenvalue weighted by atomic mass is 9.84. The number of carboxylic acid groups (broad SMARTS) is 1. The quantitative estimate of drug-likeness (QED) is 0.251. The molecule has 3 rings (SSSR count). The third kappa shape index (κ3) is 6.70. The van der Waals surface area contributed by atoms with Gasteiger partial charge in [-0.2, -0.15) is 0 Å². The number of amidine groups is 1. The summed E-state index contributed by atoms with van der Waals surface area (Å²) in [6.07, 6.45) is 0.967. The number of unbranched alkanes of at least 4 members (excludes halogenated alkanes) is 1. The Labute approximate surface area is 232 Å². The second kappa shape index (κ2) is 12.4. The Balaban J connectivity index is 1.92. The Bertz CT molecular complexity index is 1330. The molecule has 2 aromatic rings. The van der Waals surface area contributed by atoms with E-state index in [1.54, 1.807) is 12.1 Å². The molecule has 1 aliphatic heterocycles. The molecule has 0 saturated carbocycles. The molecule has 216 valence electrons. The molecule has 11 heteroatoms. The molecule has 0 aliphatic carbocycles. The molecular formula is C29H36FN3O7. The lowest BCUT2D eigenvalue weighted by molar-refractivity contribution is -0.137. The first-order valence-corrected chi connectivity index (χ1v) is 12.9. The average Bonchev–Trinajstić information content (AvgIpc) is 3.17. The maximum Gasteiger partial charge on any atom is 0.303 e. The maximum atomic E-state index is 15.2. The number of nitrogens with zero attached hydrogens (tertiary/aromatic N) is 1. The number of aliphatic carboxylic acids is 1. The van der Waals surface area contributed by atoms with Crippen LogP contribution in [0.5, 0.6) is 17.2 Å². The molecule has 1 amide bonds. The number of carbonyl (C=O) groups is 3. The Morgan fingerprint density at radius 3 is 2.38 bits per heavy atom. The molecule has 0 aromatic heterocycles. The summed E-state index contributed by atoms with van der Waals surface area (Å²) in [5.74, 6) is -1.91. The van der Waals surface area contributed by atoms with E-state index in [4.69, 9.17) is 24.7 Å². The number of methoxy groups -OCH3 is 2. The van der Waals surface area contributed by atoms with Gasteiger partial charge in [-0.25, -0.2) is 4.39 Å². The predicted octanol–water partition coefficient (Wildman–Crippen LogP) is 4.76. The molecule has 2 aromatic carbocycles. The molecule has 10 nitrogen and oxygen atoms in total. The third-order valence-corrected chi connectivity index (χ3v) is 6.50. The van der Waals surface area contributed by atoms with Crippen molar-refractivity contribution in [1.29, 1.82) is 5.41 Å². The Morgan fingerprint density at radius 2 is 1.80 bits per heavy atom. The number of halogens is 1. The Hall–Kier alpha value is -4.15. The normalized spacial score (nSPS) is 12.7. The maximum absolute atomic E-state index is 15.2. The number of nitrogens with one attached hydrogen (secondary N) is 2. The highest BCUT2D eigenvalue weighted by Gasteiger charge is 2.33. The summed E-state index contributed by atoms with van der Waals surface area (Å²) in [5.41, 5.74) is 1.39. The third-order valence-electron chi connectivity index (χ3n) is 6.50. The van der Waals surface area contributed by atoms with Crippen molar-refractivity contribution in [3.8, 4) is 17.2 Å². The summed E-state index contributed by atoms with van der Waals surface area (Å²) in [6.45, 7) is 7.36. The largest absolute Gasteiger partial charge is 0.493 e. The summed E-state index contributed by atoms with van der Waals surface area (Å²) >= 11 is 0. The first kappa shape index (κ1) is 30.4. The van der Waals surface area contributed by atoms with Gasteiger partial charge in [-0.3, -0.25) is 19.8 Å². The van der Waals surface area contributed by atoms with Gasteiger partial charge >= 0.3 is 5.97 Å². The zero-order valence-electron chi connectivity index (χ0n) is 23.7. The molecule has 0 radical (unpaired) electrons. The minimum atomic E-state index is -0.882. The monoisotopic (exact) mass is 557 g/mol. The van der Waals surface area contributed by atoms with E-state index >= 15 is 4.39 Å². The van der Waals surface area contributed by atoms with Crippen LogP contribution in [0, 0.1) is 11.2 Å². The molecule has 0 fully saturated rings. The first-order valence-electron chi connectivity index (χ1n) is 12.9. The van der Waals surface area contributed by atoms with E-state index in [1.165, 1.54) is 32.1 Å². The second-order valence-electron chi connectivity index (χ2n) is 10.6. The minimum absolute atomic E-state index is 0.0281. The lowest BCUT2D eigenvalue weighted by Crippen LogP contribution is -2.31. The number of ketones is 1. The van der Waals surface area contributed by atoms with E-state index in [0.717, 1.165) is 0 Å². The molecule has 0 bridgehead atoms. The van der Waals surface area contributed by atoms with Gasteiger partial charge in [-0.15, -0.1) is 0 Å². The van der Waals surface area contributed by atoms with E-state index in [2.05, 4.69) is 5.32 Å². The number of anilines is 1. The Morgan fingerprint density at radius 1 is 1.10 bits per heavy atom. The number of benzene rings is 2. The van der Waals surface area contributed by atoms with Crippen molar-refractivity contribution in [2.24, 2.45) is 0 Å². The number of fused-ring (bicyclic) bond motifs is 1. The fourth-order valence-corrected chi connectivity index (χ4v) is 4.56. The molecule has 0 saturated heterocycles. The number of ether oxygens (including phenoxy) is 3. The van der Waals surface area contributed by atoms with Gasteiger partial charge in [-0.1, -0.05) is 20.8 Å². The molecule has 0 spiro atoms. The van der Waals surface area contributed by atoms with Crippen LogP contribution in [-0.2, 0) is 21.5 Å². The predicted molar refractivity (Wildman–Crippen MR) is 148 cm³/mol. The van der Waals surface area contributed by atoms with Gasteiger partial charge < -0.3 is 29.5 Å². The van der Waals surface area contributed by atoms with Crippen molar-refractivity contribution in [3.63, 3.8) is 0 Å². The van der Waals surface area contributed by atoms with Crippen molar-refractivity contribution in [1.82, 2.24) is 4.90 Å². The van der Waals surface area contributed by atoms with Crippen LogP contribution in [0.4, 0.5) is 10.1 Å². The molecule has 0 atom stereocenters. The molecule has 3 N–H and O–H groups in total. The van der Waals surface area contributed by atoms with Gasteiger partial charge in [0, 0.05) is 31.0 Å². The summed E-state index contributed by atoms with van der Waals surface area (Å²) in [6, 6.07) is 4.84. The van der Waals surface area contributed by atoms with Gasteiger partial charge in [0.25, 0.3) is 0 Å². The Kier molecular flexibility index (Phi) is 9.39. The zero-order chi connectivity index (χ0) is 29.8. The van der Waals surface area contributed by atoms with Crippen LogP contribution in [0.1, 0.15) is 74.0 Å². The second-order valence-corrected chi connectivity index (χ2v) is 10.6. The smallest absolute Gasteiger partial charge is 0.303 e. The van der Waals surface area contributed by atoms with Gasteiger partial charge in [0.15, 0.2) is 23.1 Å². The fraction of sp³-hybridized carbons (Fsp3) is 0.448. The first-order chi connectivity index (χ1) is 18.8. The number of hydrogen-bond donors (Lipinski definition) is 3. The highest BCUT2D eigenvalue weighted by Crippen LogP contribution is 2.40. The van der Waals surface area contributed by atoms with Crippen LogP contribution < -0.4 is 19.5 Å². The molecule has 40 heavy (non-hydrogen) atoms. The lowest BCUT2D eigenvalue weighted by Gasteiger charge is -2.26. The number of hydrogen-bond acceptors (Lipinski definition) is 7. The number of Topliss-reactive ketones (excluding diaryl/α,β-unsaturated/α-hetero) is 1. The topological polar surface area (TPSA) is 138 Å². The van der Waals surface area contributed by atoms with Crippen molar-refractivity contribution in [2.75, 3.05) is 32.7 Å². The van der Waals surface area contributed by atoms with Crippen molar-refractivity contribution in [3.05, 3.63) is 46.3 Å². The van der Waals surface area contributed by atoms with Crippen LogP contribution in [-0.4, -0.2) is 60.9 Å². The number of rotatable bonds is 12. The van der Waals surface area contributed by atoms with Gasteiger partial charge in [-0.05, 0) is 42.0 Å². The molecule has 0 unspecified atom stereocenters. The summed E-state index contributed by atoms with van der Waals surface area (Å²) in [4.78, 5) is 37.8. The standard InChI is InChI=1S/C29H36FN3O7/c1-16(34)32-20-12-17(11-19(29(2,3)4)26(20)40-10-8-7-9-23(36)37)21(35)15-33-14-18-13-22(38-5)27(39-6)25(30)24(18)28(33)31/h11-13,31H,7-10,14-15H2,1-6H3,(H,32,34)(H,36,37). The average molecular weight is 558 g/mol. The molecule has 1 aliphatic rings. The number of amides is 1. The van der Waals surface area contributed by atoms with Crippen LogP contribution in [0.25, 0.3) is 0 Å². The molecule has 1 heterocycles. The van der Waals surface area contributed by atoms with E-state index < -0.39 is 17.2 Å². The molecular weight excluding hydrogens is 521 g/mol. The van der Waals surface area contributed by atoms with Gasteiger partial charge in [0.2, 0.25) is 5.91 Å².